The van der Waals surface area contributed by atoms with Gasteiger partial charge in [-0.25, -0.2) is 0 Å². The average molecular weight is 322 g/mol. The second-order valence-electron chi connectivity index (χ2n) is 7.76. The van der Waals surface area contributed by atoms with Crippen molar-refractivity contribution < 1.29 is 9.59 Å². The van der Waals surface area contributed by atoms with Gasteiger partial charge in [0.1, 0.15) is 0 Å². The number of nitrogens with one attached hydrogen (secondary N) is 1. The molecule has 2 amide bonds. The molecule has 0 aromatic carbocycles. The van der Waals surface area contributed by atoms with Crippen molar-refractivity contribution in [2.45, 2.75) is 57.0 Å². The standard InChI is InChI=1S/C17H30N4O2/c1-13-3-2-4-14(11-13)19-15(22)12-20-7-9-21(10-8-20)16(23)17(18)5-6-17/h13-14H,2-12,18H2,1H3,(H,19,22). The maximum atomic E-state index is 12.2. The molecule has 0 aromatic heterocycles. The van der Waals surface area contributed by atoms with E-state index in [1.807, 2.05) is 4.90 Å². The summed E-state index contributed by atoms with van der Waals surface area (Å²) in [5.74, 6) is 0.939. The van der Waals surface area contributed by atoms with Crippen LogP contribution < -0.4 is 11.1 Å². The summed E-state index contributed by atoms with van der Waals surface area (Å²) in [5.41, 5.74) is 5.41. The summed E-state index contributed by atoms with van der Waals surface area (Å²) in [4.78, 5) is 28.4. The number of rotatable bonds is 4. The van der Waals surface area contributed by atoms with Crippen molar-refractivity contribution in [3.8, 4) is 0 Å². The van der Waals surface area contributed by atoms with Crippen molar-refractivity contribution in [1.82, 2.24) is 15.1 Å². The first-order chi connectivity index (χ1) is 11.0. The van der Waals surface area contributed by atoms with E-state index in [2.05, 4.69) is 17.1 Å². The Kier molecular flexibility index (Phi) is 4.92. The molecule has 2 unspecified atom stereocenters. The minimum absolute atomic E-state index is 0.0952. The first kappa shape index (κ1) is 16.7. The van der Waals surface area contributed by atoms with Crippen LogP contribution in [-0.4, -0.2) is 65.9 Å². The minimum Gasteiger partial charge on any atom is -0.352 e. The molecule has 0 aromatic rings. The molecule has 23 heavy (non-hydrogen) atoms. The molecule has 3 rings (SSSR count). The molecule has 2 saturated carbocycles. The smallest absolute Gasteiger partial charge is 0.242 e. The van der Waals surface area contributed by atoms with Gasteiger partial charge in [0, 0.05) is 32.2 Å². The molecule has 2 atom stereocenters. The molecule has 3 fully saturated rings. The molecule has 6 heteroatoms. The van der Waals surface area contributed by atoms with Gasteiger partial charge >= 0.3 is 0 Å². The highest BCUT2D eigenvalue weighted by molar-refractivity contribution is 5.89. The molecule has 0 radical (unpaired) electrons. The summed E-state index contributed by atoms with van der Waals surface area (Å²) in [6, 6.07) is 0.348. The van der Waals surface area contributed by atoms with Gasteiger partial charge in [0.05, 0.1) is 12.1 Å². The molecule has 3 aliphatic rings. The third-order valence-corrected chi connectivity index (χ3v) is 5.54. The van der Waals surface area contributed by atoms with Gasteiger partial charge in [0.15, 0.2) is 0 Å². The second kappa shape index (κ2) is 6.77. The fourth-order valence-electron chi connectivity index (χ4n) is 3.81. The van der Waals surface area contributed by atoms with Crippen LogP contribution in [0.5, 0.6) is 0 Å². The normalized spacial score (nSPS) is 30.8. The summed E-state index contributed by atoms with van der Waals surface area (Å²) >= 11 is 0. The van der Waals surface area contributed by atoms with Crippen LogP contribution >= 0.6 is 0 Å². The number of piperazine rings is 1. The number of hydrogen-bond donors (Lipinski definition) is 2. The Morgan fingerprint density at radius 3 is 2.48 bits per heavy atom. The van der Waals surface area contributed by atoms with E-state index in [4.69, 9.17) is 5.73 Å². The zero-order valence-electron chi connectivity index (χ0n) is 14.2. The second-order valence-corrected chi connectivity index (χ2v) is 7.76. The zero-order valence-corrected chi connectivity index (χ0v) is 14.2. The van der Waals surface area contributed by atoms with Gasteiger partial charge in [-0.1, -0.05) is 19.8 Å². The number of nitrogens with zero attached hydrogens (tertiary/aromatic N) is 2. The van der Waals surface area contributed by atoms with E-state index < -0.39 is 5.54 Å². The minimum atomic E-state index is -0.572. The highest BCUT2D eigenvalue weighted by Gasteiger charge is 2.48. The molecular formula is C17H30N4O2. The lowest BCUT2D eigenvalue weighted by Gasteiger charge is -2.36. The summed E-state index contributed by atoms with van der Waals surface area (Å²) in [5, 5.41) is 3.18. The first-order valence-electron chi connectivity index (χ1n) is 9.06. The third-order valence-electron chi connectivity index (χ3n) is 5.54. The van der Waals surface area contributed by atoms with Crippen LogP contribution in [0.25, 0.3) is 0 Å². The Hall–Kier alpha value is -1.14. The van der Waals surface area contributed by atoms with Crippen molar-refractivity contribution in [3.63, 3.8) is 0 Å². The predicted octanol–water partition coefficient (Wildman–Crippen LogP) is 0.317. The van der Waals surface area contributed by atoms with E-state index in [9.17, 15) is 9.59 Å². The Morgan fingerprint density at radius 2 is 1.87 bits per heavy atom. The number of nitrogens with two attached hydrogens (primary N) is 1. The van der Waals surface area contributed by atoms with Gasteiger partial charge in [-0.3, -0.25) is 14.5 Å². The van der Waals surface area contributed by atoms with Gasteiger partial charge in [-0.05, 0) is 31.6 Å². The lowest BCUT2D eigenvalue weighted by Crippen LogP contribution is -2.55. The van der Waals surface area contributed by atoms with Crippen molar-refractivity contribution in [1.29, 1.82) is 0 Å². The average Bonchev–Trinajstić information content (AvgIpc) is 3.26. The molecule has 3 N–H and O–H groups in total. The van der Waals surface area contributed by atoms with E-state index in [1.165, 1.54) is 12.8 Å². The monoisotopic (exact) mass is 322 g/mol. The van der Waals surface area contributed by atoms with Crippen molar-refractivity contribution in [2.24, 2.45) is 11.7 Å². The molecule has 0 spiro atoms. The lowest BCUT2D eigenvalue weighted by atomic mass is 9.87. The summed E-state index contributed by atoms with van der Waals surface area (Å²) in [6.07, 6.45) is 6.34. The van der Waals surface area contributed by atoms with Gasteiger partial charge in [0.2, 0.25) is 11.8 Å². The Bertz CT molecular complexity index is 456. The van der Waals surface area contributed by atoms with Crippen LogP contribution in [0.4, 0.5) is 0 Å². The fourth-order valence-corrected chi connectivity index (χ4v) is 3.81. The van der Waals surface area contributed by atoms with E-state index in [-0.39, 0.29) is 11.8 Å². The number of amides is 2. The van der Waals surface area contributed by atoms with Crippen molar-refractivity contribution in [2.75, 3.05) is 32.7 Å². The van der Waals surface area contributed by atoms with Crippen LogP contribution in [0.15, 0.2) is 0 Å². The first-order valence-corrected chi connectivity index (χ1v) is 9.06. The van der Waals surface area contributed by atoms with Gasteiger partial charge in [-0.15, -0.1) is 0 Å². The van der Waals surface area contributed by atoms with Gasteiger partial charge in [-0.2, -0.15) is 0 Å². The number of carbonyl (C=O) groups is 2. The van der Waals surface area contributed by atoms with Crippen LogP contribution in [0, 0.1) is 5.92 Å². The van der Waals surface area contributed by atoms with Crippen LogP contribution in [0.2, 0.25) is 0 Å². The third kappa shape index (κ3) is 4.23. The molecular weight excluding hydrogens is 292 g/mol. The van der Waals surface area contributed by atoms with E-state index in [0.29, 0.717) is 25.7 Å². The fraction of sp³-hybridized carbons (Fsp3) is 0.882. The Morgan fingerprint density at radius 1 is 1.17 bits per heavy atom. The predicted molar refractivity (Wildman–Crippen MR) is 88.7 cm³/mol. The van der Waals surface area contributed by atoms with Crippen molar-refractivity contribution in [3.05, 3.63) is 0 Å². The van der Waals surface area contributed by atoms with E-state index in [1.54, 1.807) is 0 Å². The van der Waals surface area contributed by atoms with E-state index >= 15 is 0 Å². The van der Waals surface area contributed by atoms with Gasteiger partial charge in [0.25, 0.3) is 0 Å². The highest BCUT2D eigenvalue weighted by Crippen LogP contribution is 2.34. The molecule has 2 aliphatic carbocycles. The molecule has 6 nitrogen and oxygen atoms in total. The van der Waals surface area contributed by atoms with Crippen LogP contribution in [0.3, 0.4) is 0 Å². The van der Waals surface area contributed by atoms with Crippen LogP contribution in [0.1, 0.15) is 45.4 Å². The number of hydrogen-bond acceptors (Lipinski definition) is 4. The Labute approximate surface area is 138 Å². The lowest BCUT2D eigenvalue weighted by molar-refractivity contribution is -0.135. The van der Waals surface area contributed by atoms with Crippen LogP contribution in [-0.2, 0) is 9.59 Å². The molecule has 1 aliphatic heterocycles. The molecule has 1 heterocycles. The topological polar surface area (TPSA) is 78.7 Å². The largest absolute Gasteiger partial charge is 0.352 e. The zero-order chi connectivity index (χ0) is 16.4. The summed E-state index contributed by atoms with van der Waals surface area (Å²) in [7, 11) is 0. The molecule has 130 valence electrons. The maximum Gasteiger partial charge on any atom is 0.242 e. The Balaban J connectivity index is 1.38. The molecule has 0 bridgehead atoms. The highest BCUT2D eigenvalue weighted by atomic mass is 16.2. The quantitative estimate of drug-likeness (QED) is 0.781. The van der Waals surface area contributed by atoms with Gasteiger partial charge < -0.3 is 16.0 Å². The summed E-state index contributed by atoms with van der Waals surface area (Å²) in [6.45, 7) is 5.60. The van der Waals surface area contributed by atoms with Crippen molar-refractivity contribution >= 4 is 11.8 Å². The SMILES string of the molecule is CC1CCCC(NC(=O)CN2CCN(C(=O)C3(N)CC3)CC2)C1. The summed E-state index contributed by atoms with van der Waals surface area (Å²) < 4.78 is 0. The molecule has 1 saturated heterocycles. The number of carbonyl (C=O) groups excluding carboxylic acids is 2. The maximum absolute atomic E-state index is 12.2. The van der Waals surface area contributed by atoms with E-state index in [0.717, 1.165) is 44.7 Å².